The van der Waals surface area contributed by atoms with Crippen molar-refractivity contribution >= 4 is 5.97 Å². The van der Waals surface area contributed by atoms with Crippen molar-refractivity contribution in [3.8, 4) is 0 Å². The molecule has 0 aromatic heterocycles. The average Bonchev–Trinajstić information content (AvgIpc) is 2.46. The fourth-order valence-electron chi connectivity index (χ4n) is 1.62. The number of carbonyl (C=O) groups excluding carboxylic acids is 1. The van der Waals surface area contributed by atoms with E-state index < -0.39 is 5.60 Å². The maximum absolute atomic E-state index is 11.5. The van der Waals surface area contributed by atoms with Gasteiger partial charge >= 0.3 is 5.97 Å². The molecule has 23 heavy (non-hydrogen) atoms. The molecule has 0 unspecified atom stereocenters. The topological polar surface area (TPSA) is 63.2 Å². The molecule has 0 radical (unpaired) electrons. The quantitative estimate of drug-likeness (QED) is 0.339. The predicted octanol–water partition coefficient (Wildman–Crippen LogP) is 2.58. The van der Waals surface area contributed by atoms with Crippen LogP contribution in [0.3, 0.4) is 0 Å². The van der Waals surface area contributed by atoms with Gasteiger partial charge in [0.2, 0.25) is 0 Å². The monoisotopic (exact) mass is 334 g/mol. The number of carbonyl (C=O) groups is 1. The maximum atomic E-state index is 11.5. The number of hydrogen-bond donors (Lipinski definition) is 0. The first-order chi connectivity index (χ1) is 11.0. The molecule has 138 valence electrons. The van der Waals surface area contributed by atoms with Gasteiger partial charge in [-0.2, -0.15) is 0 Å². The van der Waals surface area contributed by atoms with Crippen LogP contribution in [-0.4, -0.2) is 64.4 Å². The van der Waals surface area contributed by atoms with Crippen LogP contribution in [0.15, 0.2) is 0 Å². The molecule has 0 N–H and O–H groups in total. The Morgan fingerprint density at radius 1 is 0.739 bits per heavy atom. The maximum Gasteiger partial charge on any atom is 0.306 e. The van der Waals surface area contributed by atoms with Crippen LogP contribution in [0, 0.1) is 0 Å². The zero-order chi connectivity index (χ0) is 17.4. The van der Waals surface area contributed by atoms with Gasteiger partial charge in [-0.25, -0.2) is 0 Å². The lowest BCUT2D eigenvalue weighted by Gasteiger charge is -2.19. The molecule has 0 fully saturated rings. The molecule has 6 heteroatoms. The smallest absolute Gasteiger partial charge is 0.306 e. The second kappa shape index (κ2) is 14.9. The summed E-state index contributed by atoms with van der Waals surface area (Å²) in [5.74, 6) is -0.183. The molecule has 0 atom stereocenters. The van der Waals surface area contributed by atoms with Crippen LogP contribution in [0.4, 0.5) is 0 Å². The second-order valence-electron chi connectivity index (χ2n) is 6.14. The number of hydrogen-bond acceptors (Lipinski definition) is 6. The van der Waals surface area contributed by atoms with E-state index in [0.29, 0.717) is 59.1 Å². The van der Waals surface area contributed by atoms with Gasteiger partial charge in [-0.15, -0.1) is 0 Å². The van der Waals surface area contributed by atoms with Crippen LogP contribution < -0.4 is 0 Å². The van der Waals surface area contributed by atoms with E-state index in [1.54, 1.807) is 0 Å². The predicted molar refractivity (Wildman–Crippen MR) is 88.6 cm³/mol. The van der Waals surface area contributed by atoms with Gasteiger partial charge in [0, 0.05) is 19.6 Å². The van der Waals surface area contributed by atoms with Gasteiger partial charge in [0.05, 0.1) is 39.6 Å². The SMILES string of the molecule is CCCOCCOCCOCCOCCCC(=O)OC(C)(C)C. The number of esters is 1. The fraction of sp³-hybridized carbons (Fsp3) is 0.941. The molecule has 0 aliphatic rings. The largest absolute Gasteiger partial charge is 0.460 e. The standard InChI is InChI=1S/C17H34O6/c1-5-8-19-10-12-21-14-15-22-13-11-20-9-6-7-16(18)23-17(2,3)4/h5-15H2,1-4H3. The molecule has 0 aromatic carbocycles. The van der Waals surface area contributed by atoms with E-state index in [1.807, 2.05) is 20.8 Å². The van der Waals surface area contributed by atoms with Crippen molar-refractivity contribution in [1.29, 1.82) is 0 Å². The van der Waals surface area contributed by atoms with Crippen molar-refractivity contribution < 1.29 is 28.5 Å². The summed E-state index contributed by atoms with van der Waals surface area (Å²) in [5, 5.41) is 0. The first-order valence-electron chi connectivity index (χ1n) is 8.48. The summed E-state index contributed by atoms with van der Waals surface area (Å²) in [7, 11) is 0. The number of ether oxygens (including phenoxy) is 5. The van der Waals surface area contributed by atoms with E-state index >= 15 is 0 Å². The van der Waals surface area contributed by atoms with Crippen molar-refractivity contribution in [3.63, 3.8) is 0 Å². The summed E-state index contributed by atoms with van der Waals surface area (Å²) < 4.78 is 26.6. The van der Waals surface area contributed by atoms with Crippen LogP contribution in [0.2, 0.25) is 0 Å². The lowest BCUT2D eigenvalue weighted by molar-refractivity contribution is -0.155. The minimum atomic E-state index is -0.421. The van der Waals surface area contributed by atoms with E-state index in [1.165, 1.54) is 0 Å². The van der Waals surface area contributed by atoms with Crippen LogP contribution in [0.1, 0.15) is 47.0 Å². The Labute approximate surface area is 140 Å². The molecule has 0 amide bonds. The first-order valence-corrected chi connectivity index (χ1v) is 8.48. The van der Waals surface area contributed by atoms with Crippen LogP contribution in [0.25, 0.3) is 0 Å². The highest BCUT2D eigenvalue weighted by atomic mass is 16.6. The average molecular weight is 334 g/mol. The zero-order valence-electron chi connectivity index (χ0n) is 15.2. The third-order valence-electron chi connectivity index (χ3n) is 2.55. The molecule has 0 heterocycles. The zero-order valence-corrected chi connectivity index (χ0v) is 15.2. The van der Waals surface area contributed by atoms with Crippen molar-refractivity contribution in [2.24, 2.45) is 0 Å². The highest BCUT2D eigenvalue weighted by Crippen LogP contribution is 2.08. The Hall–Kier alpha value is -0.690. The Kier molecular flexibility index (Phi) is 14.4. The molecule has 0 aromatic rings. The fourth-order valence-corrected chi connectivity index (χ4v) is 1.62. The van der Waals surface area contributed by atoms with E-state index in [9.17, 15) is 4.79 Å². The molecule has 6 nitrogen and oxygen atoms in total. The Morgan fingerprint density at radius 2 is 1.17 bits per heavy atom. The highest BCUT2D eigenvalue weighted by Gasteiger charge is 2.15. The molecule has 0 saturated heterocycles. The van der Waals surface area contributed by atoms with Gasteiger partial charge < -0.3 is 23.7 Å². The second-order valence-corrected chi connectivity index (χ2v) is 6.14. The van der Waals surface area contributed by atoms with Crippen molar-refractivity contribution in [2.45, 2.75) is 52.6 Å². The van der Waals surface area contributed by atoms with E-state index in [-0.39, 0.29) is 5.97 Å². The minimum Gasteiger partial charge on any atom is -0.460 e. The van der Waals surface area contributed by atoms with Crippen LogP contribution >= 0.6 is 0 Å². The van der Waals surface area contributed by atoms with Gasteiger partial charge in [0.1, 0.15) is 5.60 Å². The summed E-state index contributed by atoms with van der Waals surface area (Å²) in [4.78, 5) is 11.5. The molecular formula is C17H34O6. The number of rotatable bonds is 15. The molecule has 0 spiro atoms. The third kappa shape index (κ3) is 19.3. The Morgan fingerprint density at radius 3 is 1.61 bits per heavy atom. The van der Waals surface area contributed by atoms with Crippen LogP contribution in [-0.2, 0) is 28.5 Å². The third-order valence-corrected chi connectivity index (χ3v) is 2.55. The Bertz CT molecular complexity index is 275. The summed E-state index contributed by atoms with van der Waals surface area (Å²) in [6, 6.07) is 0. The van der Waals surface area contributed by atoms with E-state index in [2.05, 4.69) is 6.92 Å². The molecular weight excluding hydrogens is 300 g/mol. The van der Waals surface area contributed by atoms with Gasteiger partial charge in [-0.3, -0.25) is 4.79 Å². The molecule has 0 bridgehead atoms. The summed E-state index contributed by atoms with van der Waals surface area (Å²) >= 11 is 0. The molecule has 0 saturated carbocycles. The van der Waals surface area contributed by atoms with Gasteiger partial charge in [0.25, 0.3) is 0 Å². The lowest BCUT2D eigenvalue weighted by Crippen LogP contribution is -2.23. The van der Waals surface area contributed by atoms with Gasteiger partial charge in [0.15, 0.2) is 0 Å². The van der Waals surface area contributed by atoms with E-state index in [4.69, 9.17) is 23.7 Å². The van der Waals surface area contributed by atoms with Gasteiger partial charge in [-0.1, -0.05) is 6.92 Å². The van der Waals surface area contributed by atoms with Crippen LogP contribution in [0.5, 0.6) is 0 Å². The first kappa shape index (κ1) is 22.3. The molecule has 0 aliphatic carbocycles. The van der Waals surface area contributed by atoms with Crippen molar-refractivity contribution in [2.75, 3.05) is 52.9 Å². The van der Waals surface area contributed by atoms with E-state index in [0.717, 1.165) is 13.0 Å². The molecule has 0 rings (SSSR count). The normalized spacial score (nSPS) is 11.7. The minimum absolute atomic E-state index is 0.183. The summed E-state index contributed by atoms with van der Waals surface area (Å²) in [5.41, 5.74) is -0.421. The van der Waals surface area contributed by atoms with Crippen molar-refractivity contribution in [3.05, 3.63) is 0 Å². The van der Waals surface area contributed by atoms with Crippen molar-refractivity contribution in [1.82, 2.24) is 0 Å². The summed E-state index contributed by atoms with van der Waals surface area (Å²) in [6.45, 7) is 12.4. The lowest BCUT2D eigenvalue weighted by atomic mass is 10.2. The van der Waals surface area contributed by atoms with Gasteiger partial charge in [-0.05, 0) is 33.6 Å². The summed E-state index contributed by atoms with van der Waals surface area (Å²) in [6.07, 6.45) is 2.07. The highest BCUT2D eigenvalue weighted by molar-refractivity contribution is 5.69. The molecule has 0 aliphatic heterocycles. The Balaban J connectivity index is 3.15.